The molecule has 0 aromatic rings. The third kappa shape index (κ3) is 4.60. The molecule has 0 aromatic heterocycles. The molecular formula is C18H33N3O2. The van der Waals surface area contributed by atoms with Crippen LogP contribution in [0.4, 0.5) is 4.79 Å². The van der Waals surface area contributed by atoms with Crippen LogP contribution in [0.15, 0.2) is 0 Å². The number of aliphatic hydroxyl groups is 1. The van der Waals surface area contributed by atoms with Crippen LogP contribution >= 0.6 is 0 Å². The molecule has 0 radical (unpaired) electrons. The summed E-state index contributed by atoms with van der Waals surface area (Å²) in [5, 5.41) is 12.8. The van der Waals surface area contributed by atoms with E-state index >= 15 is 0 Å². The summed E-state index contributed by atoms with van der Waals surface area (Å²) in [7, 11) is 0. The van der Waals surface area contributed by atoms with Crippen molar-refractivity contribution in [1.29, 1.82) is 0 Å². The van der Waals surface area contributed by atoms with Crippen LogP contribution < -0.4 is 5.32 Å². The zero-order valence-corrected chi connectivity index (χ0v) is 14.5. The van der Waals surface area contributed by atoms with Crippen molar-refractivity contribution in [3.05, 3.63) is 0 Å². The Morgan fingerprint density at radius 1 is 1.17 bits per heavy atom. The quantitative estimate of drug-likeness (QED) is 0.815. The monoisotopic (exact) mass is 323 g/mol. The van der Waals surface area contributed by atoms with Crippen molar-refractivity contribution in [3.63, 3.8) is 0 Å². The minimum absolute atomic E-state index is 0.0841. The molecule has 0 spiro atoms. The Bertz CT molecular complexity index is 396. The van der Waals surface area contributed by atoms with E-state index in [-0.39, 0.29) is 18.2 Å². The van der Waals surface area contributed by atoms with E-state index in [1.165, 1.54) is 32.2 Å². The summed E-state index contributed by atoms with van der Waals surface area (Å²) in [4.78, 5) is 17.0. The average Bonchev–Trinajstić information content (AvgIpc) is 3.21. The molecule has 2 saturated heterocycles. The number of carbonyl (C=O) groups is 1. The largest absolute Gasteiger partial charge is 0.393 e. The van der Waals surface area contributed by atoms with Gasteiger partial charge < -0.3 is 20.2 Å². The van der Waals surface area contributed by atoms with Gasteiger partial charge in [0.15, 0.2) is 0 Å². The van der Waals surface area contributed by atoms with Crippen molar-refractivity contribution in [2.75, 3.05) is 26.2 Å². The van der Waals surface area contributed by atoms with Crippen LogP contribution in [-0.2, 0) is 0 Å². The van der Waals surface area contributed by atoms with Gasteiger partial charge >= 0.3 is 6.03 Å². The van der Waals surface area contributed by atoms with Gasteiger partial charge in [0.1, 0.15) is 0 Å². The highest BCUT2D eigenvalue weighted by molar-refractivity contribution is 5.75. The molecule has 132 valence electrons. The molecule has 1 aliphatic carbocycles. The molecule has 2 N–H and O–H groups in total. The maximum atomic E-state index is 12.6. The second kappa shape index (κ2) is 7.84. The van der Waals surface area contributed by atoms with Crippen molar-refractivity contribution in [1.82, 2.24) is 15.1 Å². The summed E-state index contributed by atoms with van der Waals surface area (Å²) in [5.41, 5.74) is 0. The van der Waals surface area contributed by atoms with E-state index in [0.717, 1.165) is 44.8 Å². The van der Waals surface area contributed by atoms with Gasteiger partial charge in [0.2, 0.25) is 0 Å². The highest BCUT2D eigenvalue weighted by Gasteiger charge is 2.32. The second-order valence-corrected chi connectivity index (χ2v) is 7.92. The predicted molar refractivity (Wildman–Crippen MR) is 91.4 cm³/mol. The molecular weight excluding hydrogens is 290 g/mol. The molecule has 3 atom stereocenters. The van der Waals surface area contributed by atoms with Gasteiger partial charge in [-0.25, -0.2) is 4.79 Å². The Hall–Kier alpha value is -0.810. The maximum absolute atomic E-state index is 12.6. The Balaban J connectivity index is 1.43. The zero-order chi connectivity index (χ0) is 16.2. The van der Waals surface area contributed by atoms with Gasteiger partial charge in [-0.05, 0) is 51.4 Å². The van der Waals surface area contributed by atoms with Crippen LogP contribution in [0.25, 0.3) is 0 Å². The zero-order valence-electron chi connectivity index (χ0n) is 14.5. The SMILES string of the molecule is CC(O)CC1CCCN1C(=O)NC1CCN(CC2CCCC2)C1. The fourth-order valence-electron chi connectivity index (χ4n) is 4.67. The molecule has 5 nitrogen and oxygen atoms in total. The van der Waals surface area contributed by atoms with Gasteiger partial charge in [-0.3, -0.25) is 0 Å². The first-order valence-electron chi connectivity index (χ1n) is 9.59. The lowest BCUT2D eigenvalue weighted by molar-refractivity contribution is 0.137. The molecule has 23 heavy (non-hydrogen) atoms. The second-order valence-electron chi connectivity index (χ2n) is 7.92. The summed E-state index contributed by atoms with van der Waals surface area (Å²) in [5.74, 6) is 0.887. The van der Waals surface area contributed by atoms with Gasteiger partial charge in [0, 0.05) is 38.3 Å². The van der Waals surface area contributed by atoms with Crippen LogP contribution in [0.5, 0.6) is 0 Å². The fourth-order valence-corrected chi connectivity index (χ4v) is 4.67. The Labute approximate surface area is 140 Å². The minimum atomic E-state index is -0.332. The third-order valence-corrected chi connectivity index (χ3v) is 5.84. The van der Waals surface area contributed by atoms with E-state index in [9.17, 15) is 9.90 Å². The number of urea groups is 1. The Kier molecular flexibility index (Phi) is 5.81. The van der Waals surface area contributed by atoms with Gasteiger partial charge in [0.05, 0.1) is 6.10 Å². The van der Waals surface area contributed by atoms with E-state index in [4.69, 9.17) is 0 Å². The number of hydrogen-bond acceptors (Lipinski definition) is 3. The lowest BCUT2D eigenvalue weighted by Crippen LogP contribution is -2.48. The first kappa shape index (κ1) is 17.0. The summed E-state index contributed by atoms with van der Waals surface area (Å²) >= 11 is 0. The molecule has 3 fully saturated rings. The highest BCUT2D eigenvalue weighted by atomic mass is 16.3. The molecule has 2 aliphatic heterocycles. The molecule has 1 saturated carbocycles. The van der Waals surface area contributed by atoms with Gasteiger partial charge in [-0.1, -0.05) is 12.8 Å². The topological polar surface area (TPSA) is 55.8 Å². The van der Waals surface area contributed by atoms with Crippen LogP contribution in [0, 0.1) is 5.92 Å². The first-order chi connectivity index (χ1) is 11.1. The molecule has 2 amide bonds. The number of rotatable bonds is 5. The molecule has 5 heteroatoms. The lowest BCUT2D eigenvalue weighted by atomic mass is 10.1. The third-order valence-electron chi connectivity index (χ3n) is 5.84. The number of carbonyl (C=O) groups excluding carboxylic acids is 1. The van der Waals surface area contributed by atoms with Gasteiger partial charge in [-0.2, -0.15) is 0 Å². The van der Waals surface area contributed by atoms with Gasteiger partial charge in [-0.15, -0.1) is 0 Å². The molecule has 3 rings (SSSR count). The fraction of sp³-hybridized carbons (Fsp3) is 0.944. The van der Waals surface area contributed by atoms with E-state index in [1.54, 1.807) is 0 Å². The Morgan fingerprint density at radius 2 is 1.96 bits per heavy atom. The van der Waals surface area contributed by atoms with Gasteiger partial charge in [0.25, 0.3) is 0 Å². The van der Waals surface area contributed by atoms with Crippen LogP contribution in [0.3, 0.4) is 0 Å². The smallest absolute Gasteiger partial charge is 0.317 e. The van der Waals surface area contributed by atoms with Crippen LogP contribution in [-0.4, -0.2) is 65.3 Å². The number of nitrogens with zero attached hydrogens (tertiary/aromatic N) is 2. The van der Waals surface area contributed by atoms with Crippen molar-refractivity contribution in [3.8, 4) is 0 Å². The summed E-state index contributed by atoms with van der Waals surface area (Å²) < 4.78 is 0. The van der Waals surface area contributed by atoms with E-state index in [1.807, 2.05) is 11.8 Å². The molecule has 3 unspecified atom stereocenters. The number of likely N-dealkylation sites (tertiary alicyclic amines) is 2. The molecule has 3 aliphatic rings. The lowest BCUT2D eigenvalue weighted by Gasteiger charge is -2.27. The number of amides is 2. The predicted octanol–water partition coefficient (Wildman–Crippen LogP) is 2.20. The molecule has 2 heterocycles. The van der Waals surface area contributed by atoms with Crippen molar-refractivity contribution >= 4 is 6.03 Å². The maximum Gasteiger partial charge on any atom is 0.317 e. The van der Waals surface area contributed by atoms with Crippen LogP contribution in [0.2, 0.25) is 0 Å². The number of aliphatic hydroxyl groups excluding tert-OH is 1. The van der Waals surface area contributed by atoms with Crippen molar-refractivity contribution in [2.45, 2.75) is 76.5 Å². The first-order valence-corrected chi connectivity index (χ1v) is 9.59. The highest BCUT2D eigenvalue weighted by Crippen LogP contribution is 2.27. The summed E-state index contributed by atoms with van der Waals surface area (Å²) in [6, 6.07) is 0.601. The molecule has 0 aromatic carbocycles. The summed E-state index contributed by atoms with van der Waals surface area (Å²) in [6.07, 6.45) is 9.11. The number of hydrogen-bond donors (Lipinski definition) is 2. The van der Waals surface area contributed by atoms with Crippen molar-refractivity contribution in [2.24, 2.45) is 5.92 Å². The normalized spacial score (nSPS) is 31.0. The molecule has 0 bridgehead atoms. The Morgan fingerprint density at radius 3 is 2.70 bits per heavy atom. The van der Waals surface area contributed by atoms with E-state index in [0.29, 0.717) is 12.5 Å². The number of nitrogens with one attached hydrogen (secondary N) is 1. The van der Waals surface area contributed by atoms with E-state index < -0.39 is 0 Å². The van der Waals surface area contributed by atoms with Crippen LogP contribution in [0.1, 0.15) is 58.3 Å². The van der Waals surface area contributed by atoms with E-state index in [2.05, 4.69) is 10.2 Å². The average molecular weight is 323 g/mol. The standard InChI is InChI=1S/C18H33N3O2/c1-14(22)11-17-7-4-9-21(17)18(23)19-16-8-10-20(13-16)12-15-5-2-3-6-15/h14-17,22H,2-13H2,1H3,(H,19,23). The van der Waals surface area contributed by atoms with Crippen molar-refractivity contribution < 1.29 is 9.90 Å². The summed E-state index contributed by atoms with van der Waals surface area (Å²) in [6.45, 7) is 6.00. The minimum Gasteiger partial charge on any atom is -0.393 e.